The minimum absolute atomic E-state index is 0.455. The Kier molecular flexibility index (Phi) is 3.26. The molecule has 2 aromatic rings. The quantitative estimate of drug-likeness (QED) is 0.855. The van der Waals surface area contributed by atoms with Crippen LogP contribution in [0.15, 0.2) is 22.8 Å². The average Bonchev–Trinajstić information content (AvgIpc) is 2.81. The van der Waals surface area contributed by atoms with Crippen molar-refractivity contribution in [1.29, 1.82) is 0 Å². The van der Waals surface area contributed by atoms with Gasteiger partial charge in [-0.2, -0.15) is 5.10 Å². The Morgan fingerprint density at radius 1 is 1.39 bits per heavy atom. The van der Waals surface area contributed by atoms with E-state index >= 15 is 0 Å². The van der Waals surface area contributed by atoms with E-state index in [1.54, 1.807) is 7.11 Å². The van der Waals surface area contributed by atoms with Crippen LogP contribution < -0.4 is 4.74 Å². The zero-order valence-electron chi connectivity index (χ0n) is 10.2. The second kappa shape index (κ2) is 4.90. The maximum absolute atomic E-state index is 5.38. The fourth-order valence-corrected chi connectivity index (χ4v) is 2.86. The summed E-state index contributed by atoms with van der Waals surface area (Å²) in [6.45, 7) is 1.65. The third-order valence-corrected chi connectivity index (χ3v) is 3.98. The van der Waals surface area contributed by atoms with Gasteiger partial charge >= 0.3 is 0 Å². The van der Waals surface area contributed by atoms with Crippen LogP contribution in [0.1, 0.15) is 18.9 Å². The van der Waals surface area contributed by atoms with Gasteiger partial charge in [-0.15, -0.1) is 0 Å². The highest BCUT2D eigenvalue weighted by Crippen LogP contribution is 2.31. The minimum atomic E-state index is 0.455. The molecular weight excluding hydrogens is 296 g/mol. The average molecular weight is 311 g/mol. The first-order valence-electron chi connectivity index (χ1n) is 6.08. The minimum Gasteiger partial charge on any atom is -0.495 e. The summed E-state index contributed by atoms with van der Waals surface area (Å²) in [6.07, 6.45) is 4.17. The number of fused-ring (bicyclic) bond motifs is 1. The number of methoxy groups -OCH3 is 1. The Morgan fingerprint density at radius 2 is 2.17 bits per heavy atom. The first-order valence-corrected chi connectivity index (χ1v) is 6.87. The summed E-state index contributed by atoms with van der Waals surface area (Å²) < 4.78 is 13.7. The predicted molar refractivity (Wildman–Crippen MR) is 73.1 cm³/mol. The molecule has 0 N–H and O–H groups in total. The van der Waals surface area contributed by atoms with Gasteiger partial charge in [-0.25, -0.2) is 0 Å². The molecule has 1 saturated heterocycles. The third-order valence-electron chi connectivity index (χ3n) is 3.36. The third kappa shape index (κ3) is 2.12. The molecule has 1 aromatic heterocycles. The van der Waals surface area contributed by atoms with Crippen LogP contribution in [0.5, 0.6) is 5.75 Å². The monoisotopic (exact) mass is 310 g/mol. The fraction of sp³-hybridized carbons (Fsp3) is 0.462. The highest BCUT2D eigenvalue weighted by Gasteiger charge is 2.17. The van der Waals surface area contributed by atoms with Gasteiger partial charge in [0.05, 0.1) is 23.1 Å². The van der Waals surface area contributed by atoms with Crippen LogP contribution in [0.3, 0.4) is 0 Å². The molecule has 18 heavy (non-hydrogen) atoms. The van der Waals surface area contributed by atoms with Crippen molar-refractivity contribution in [1.82, 2.24) is 9.78 Å². The van der Waals surface area contributed by atoms with Gasteiger partial charge in [0.2, 0.25) is 0 Å². The summed E-state index contributed by atoms with van der Waals surface area (Å²) in [5.74, 6) is 0.819. The van der Waals surface area contributed by atoms with Crippen LogP contribution in [0, 0.1) is 0 Å². The second-order valence-corrected chi connectivity index (χ2v) is 5.35. The van der Waals surface area contributed by atoms with Gasteiger partial charge in [0.25, 0.3) is 0 Å². The van der Waals surface area contributed by atoms with Crippen molar-refractivity contribution in [2.75, 3.05) is 20.3 Å². The van der Waals surface area contributed by atoms with Gasteiger partial charge < -0.3 is 9.47 Å². The van der Waals surface area contributed by atoms with Crippen molar-refractivity contribution in [3.8, 4) is 5.75 Å². The molecule has 96 valence electrons. The van der Waals surface area contributed by atoms with Gasteiger partial charge in [0, 0.05) is 30.9 Å². The van der Waals surface area contributed by atoms with Crippen LogP contribution in [-0.2, 0) is 4.74 Å². The number of halogens is 1. The Bertz CT molecular complexity index is 561. The number of ether oxygens (including phenoxy) is 2. The lowest BCUT2D eigenvalue weighted by Crippen LogP contribution is -2.19. The number of hydrogen-bond acceptors (Lipinski definition) is 3. The van der Waals surface area contributed by atoms with E-state index in [0.29, 0.717) is 6.04 Å². The van der Waals surface area contributed by atoms with E-state index in [1.807, 2.05) is 6.07 Å². The number of rotatable bonds is 2. The molecule has 0 unspecified atom stereocenters. The zero-order valence-corrected chi connectivity index (χ0v) is 11.8. The predicted octanol–water partition coefficient (Wildman–Crippen LogP) is 3.16. The van der Waals surface area contributed by atoms with Crippen LogP contribution >= 0.6 is 15.9 Å². The molecule has 0 amide bonds. The van der Waals surface area contributed by atoms with E-state index in [-0.39, 0.29) is 0 Å². The fourth-order valence-electron chi connectivity index (χ4n) is 2.34. The lowest BCUT2D eigenvalue weighted by Gasteiger charge is -2.22. The standard InChI is InChI=1S/C13H15BrN2O2/c1-17-13-7-12-9(6-11(13)14)8-16(15-12)10-2-4-18-5-3-10/h6-8,10H,2-5H2,1H3. The van der Waals surface area contributed by atoms with Crippen LogP contribution in [0.25, 0.3) is 10.9 Å². The smallest absolute Gasteiger partial charge is 0.135 e. The summed E-state index contributed by atoms with van der Waals surface area (Å²) in [7, 11) is 1.67. The van der Waals surface area contributed by atoms with Crippen molar-refractivity contribution >= 4 is 26.8 Å². The first kappa shape index (κ1) is 12.0. The summed E-state index contributed by atoms with van der Waals surface area (Å²) >= 11 is 3.50. The Hall–Kier alpha value is -1.07. The maximum Gasteiger partial charge on any atom is 0.135 e. The van der Waals surface area contributed by atoms with Gasteiger partial charge in [-0.1, -0.05) is 0 Å². The molecule has 0 atom stereocenters. The van der Waals surface area contributed by atoms with Crippen LogP contribution in [-0.4, -0.2) is 30.1 Å². The lowest BCUT2D eigenvalue weighted by atomic mass is 10.1. The van der Waals surface area contributed by atoms with Crippen molar-refractivity contribution in [2.24, 2.45) is 0 Å². The van der Waals surface area contributed by atoms with Crippen LogP contribution in [0.4, 0.5) is 0 Å². The summed E-state index contributed by atoms with van der Waals surface area (Å²) in [6, 6.07) is 4.47. The van der Waals surface area contributed by atoms with Crippen molar-refractivity contribution < 1.29 is 9.47 Å². The van der Waals surface area contributed by atoms with E-state index in [9.17, 15) is 0 Å². The maximum atomic E-state index is 5.38. The SMILES string of the molecule is COc1cc2nn(C3CCOCC3)cc2cc1Br. The molecule has 0 saturated carbocycles. The summed E-state index contributed by atoms with van der Waals surface area (Å²) in [4.78, 5) is 0. The van der Waals surface area contributed by atoms with Gasteiger partial charge in [0.15, 0.2) is 0 Å². The van der Waals surface area contributed by atoms with E-state index in [1.165, 1.54) is 0 Å². The van der Waals surface area contributed by atoms with Gasteiger partial charge in [-0.05, 0) is 34.8 Å². The van der Waals surface area contributed by atoms with E-state index < -0.39 is 0 Å². The Labute approximate surface area is 114 Å². The van der Waals surface area contributed by atoms with E-state index in [0.717, 1.165) is 47.2 Å². The van der Waals surface area contributed by atoms with E-state index in [4.69, 9.17) is 9.47 Å². The van der Waals surface area contributed by atoms with Crippen molar-refractivity contribution in [3.05, 3.63) is 22.8 Å². The number of hydrogen-bond donors (Lipinski definition) is 0. The van der Waals surface area contributed by atoms with Gasteiger partial charge in [-0.3, -0.25) is 4.68 Å². The topological polar surface area (TPSA) is 36.3 Å². The zero-order chi connectivity index (χ0) is 12.5. The molecule has 4 nitrogen and oxygen atoms in total. The molecule has 2 heterocycles. The van der Waals surface area contributed by atoms with E-state index in [2.05, 4.69) is 38.0 Å². The molecule has 1 aliphatic rings. The molecule has 0 spiro atoms. The second-order valence-electron chi connectivity index (χ2n) is 4.50. The van der Waals surface area contributed by atoms with Crippen molar-refractivity contribution in [3.63, 3.8) is 0 Å². The first-order chi connectivity index (χ1) is 8.78. The Morgan fingerprint density at radius 3 is 2.89 bits per heavy atom. The molecule has 0 aliphatic carbocycles. The summed E-state index contributed by atoms with van der Waals surface area (Å²) in [5, 5.41) is 5.78. The Balaban J connectivity index is 1.99. The number of nitrogens with zero attached hydrogens (tertiary/aromatic N) is 2. The molecule has 1 aromatic carbocycles. The molecule has 1 aliphatic heterocycles. The largest absolute Gasteiger partial charge is 0.495 e. The molecule has 5 heteroatoms. The van der Waals surface area contributed by atoms with Crippen LogP contribution in [0.2, 0.25) is 0 Å². The molecule has 1 fully saturated rings. The highest BCUT2D eigenvalue weighted by atomic mass is 79.9. The highest BCUT2D eigenvalue weighted by molar-refractivity contribution is 9.10. The molecule has 0 radical (unpaired) electrons. The molecule has 3 rings (SSSR count). The van der Waals surface area contributed by atoms with Crippen molar-refractivity contribution in [2.45, 2.75) is 18.9 Å². The number of aromatic nitrogens is 2. The van der Waals surface area contributed by atoms with Gasteiger partial charge in [0.1, 0.15) is 5.75 Å². The summed E-state index contributed by atoms with van der Waals surface area (Å²) in [5.41, 5.74) is 0.974. The molecular formula is C13H15BrN2O2. The number of benzene rings is 1. The lowest BCUT2D eigenvalue weighted by molar-refractivity contribution is 0.0664. The molecule has 0 bridgehead atoms. The normalized spacial score (nSPS) is 17.2.